The standard InChI is InChI=1S/C20H31NO3/c1-6-23-18-15(4)11-17(12-16(18)5)21-19(22)20(24-7-2)10-8-9-14(3)13-20/h11-12,14H,6-10,13H2,1-5H3,(H,21,22)/t14-,20+/m1/s1. The summed E-state index contributed by atoms with van der Waals surface area (Å²) >= 11 is 0. The van der Waals surface area contributed by atoms with E-state index in [0.717, 1.165) is 41.8 Å². The molecule has 0 bridgehead atoms. The van der Waals surface area contributed by atoms with Crippen molar-refractivity contribution in [2.24, 2.45) is 5.92 Å². The zero-order valence-corrected chi connectivity index (χ0v) is 15.7. The molecule has 24 heavy (non-hydrogen) atoms. The molecule has 0 aliphatic heterocycles. The summed E-state index contributed by atoms with van der Waals surface area (Å²) in [6, 6.07) is 3.95. The Morgan fingerprint density at radius 1 is 1.25 bits per heavy atom. The Morgan fingerprint density at radius 2 is 1.92 bits per heavy atom. The first-order chi connectivity index (χ1) is 11.4. The maximum Gasteiger partial charge on any atom is 0.256 e. The van der Waals surface area contributed by atoms with E-state index in [1.54, 1.807) is 0 Å². The third kappa shape index (κ3) is 4.10. The SMILES string of the molecule is CCOc1c(C)cc(NC(=O)[C@]2(OCC)CCC[C@@H](C)C2)cc1C. The number of hydrogen-bond acceptors (Lipinski definition) is 3. The van der Waals surface area contributed by atoms with Crippen LogP contribution in [0.25, 0.3) is 0 Å². The second-order valence-electron chi connectivity index (χ2n) is 6.96. The number of hydrogen-bond donors (Lipinski definition) is 1. The van der Waals surface area contributed by atoms with Gasteiger partial charge in [-0.25, -0.2) is 0 Å². The first-order valence-electron chi connectivity index (χ1n) is 9.11. The molecule has 1 N–H and O–H groups in total. The summed E-state index contributed by atoms with van der Waals surface area (Å²) in [6.07, 6.45) is 3.80. The van der Waals surface area contributed by atoms with Gasteiger partial charge in [0.05, 0.1) is 6.61 Å². The van der Waals surface area contributed by atoms with Crippen molar-refractivity contribution < 1.29 is 14.3 Å². The van der Waals surface area contributed by atoms with E-state index in [0.29, 0.717) is 19.1 Å². The van der Waals surface area contributed by atoms with Crippen LogP contribution in [-0.2, 0) is 9.53 Å². The molecule has 1 amide bonds. The number of aryl methyl sites for hydroxylation is 2. The molecule has 2 rings (SSSR count). The van der Waals surface area contributed by atoms with Crippen LogP contribution in [0.1, 0.15) is 57.6 Å². The number of carbonyl (C=O) groups excluding carboxylic acids is 1. The Bertz CT molecular complexity index is 557. The van der Waals surface area contributed by atoms with Crippen molar-refractivity contribution in [2.75, 3.05) is 18.5 Å². The van der Waals surface area contributed by atoms with Crippen LogP contribution in [0.3, 0.4) is 0 Å². The highest BCUT2D eigenvalue weighted by atomic mass is 16.5. The Labute approximate surface area is 145 Å². The van der Waals surface area contributed by atoms with Crippen molar-refractivity contribution in [2.45, 2.75) is 65.9 Å². The minimum Gasteiger partial charge on any atom is -0.493 e. The molecule has 4 nitrogen and oxygen atoms in total. The number of amides is 1. The largest absolute Gasteiger partial charge is 0.493 e. The van der Waals surface area contributed by atoms with Crippen LogP contribution in [0, 0.1) is 19.8 Å². The van der Waals surface area contributed by atoms with E-state index in [-0.39, 0.29) is 5.91 Å². The third-order valence-corrected chi connectivity index (χ3v) is 4.80. The second-order valence-corrected chi connectivity index (χ2v) is 6.96. The Balaban J connectivity index is 2.21. The summed E-state index contributed by atoms with van der Waals surface area (Å²) < 4.78 is 11.6. The van der Waals surface area contributed by atoms with Crippen molar-refractivity contribution in [1.29, 1.82) is 0 Å². The van der Waals surface area contributed by atoms with Crippen molar-refractivity contribution in [3.63, 3.8) is 0 Å². The minimum atomic E-state index is -0.688. The summed E-state index contributed by atoms with van der Waals surface area (Å²) in [5.41, 5.74) is 2.20. The fourth-order valence-corrected chi connectivity index (χ4v) is 3.82. The number of carbonyl (C=O) groups is 1. The van der Waals surface area contributed by atoms with Gasteiger partial charge in [0.15, 0.2) is 0 Å². The fraction of sp³-hybridized carbons (Fsp3) is 0.650. The van der Waals surface area contributed by atoms with Gasteiger partial charge in [-0.1, -0.05) is 13.3 Å². The zero-order valence-electron chi connectivity index (χ0n) is 15.7. The molecule has 4 heteroatoms. The average Bonchev–Trinajstić information content (AvgIpc) is 2.51. The van der Waals surface area contributed by atoms with E-state index in [4.69, 9.17) is 9.47 Å². The predicted molar refractivity (Wildman–Crippen MR) is 97.7 cm³/mol. The molecule has 134 valence electrons. The zero-order chi connectivity index (χ0) is 17.7. The Hall–Kier alpha value is -1.55. The maximum absolute atomic E-state index is 13.0. The topological polar surface area (TPSA) is 47.6 Å². The Morgan fingerprint density at radius 3 is 2.46 bits per heavy atom. The van der Waals surface area contributed by atoms with Crippen LogP contribution in [0.5, 0.6) is 5.75 Å². The minimum absolute atomic E-state index is 0.0149. The number of rotatable bonds is 6. The van der Waals surface area contributed by atoms with E-state index in [2.05, 4.69) is 12.2 Å². The molecular formula is C20H31NO3. The summed E-state index contributed by atoms with van der Waals surface area (Å²) in [6.45, 7) is 11.3. The highest BCUT2D eigenvalue weighted by Crippen LogP contribution is 2.36. The van der Waals surface area contributed by atoms with Gasteiger partial charge in [0.1, 0.15) is 11.4 Å². The molecular weight excluding hydrogens is 302 g/mol. The smallest absolute Gasteiger partial charge is 0.256 e. The summed E-state index contributed by atoms with van der Waals surface area (Å²) in [5.74, 6) is 1.40. The Kier molecular flexibility index (Phi) is 6.27. The number of ether oxygens (including phenoxy) is 2. The van der Waals surface area contributed by atoms with Gasteiger partial charge in [-0.2, -0.15) is 0 Å². The van der Waals surface area contributed by atoms with E-state index in [9.17, 15) is 4.79 Å². The van der Waals surface area contributed by atoms with E-state index in [1.165, 1.54) is 6.42 Å². The van der Waals surface area contributed by atoms with Crippen LogP contribution in [0.2, 0.25) is 0 Å². The average molecular weight is 333 g/mol. The van der Waals surface area contributed by atoms with Gasteiger partial charge < -0.3 is 14.8 Å². The normalized spacial score (nSPS) is 23.8. The first-order valence-corrected chi connectivity index (χ1v) is 9.11. The highest BCUT2D eigenvalue weighted by molar-refractivity contribution is 5.97. The van der Waals surface area contributed by atoms with Crippen molar-refractivity contribution in [1.82, 2.24) is 0 Å². The number of anilines is 1. The molecule has 1 aliphatic carbocycles. The highest BCUT2D eigenvalue weighted by Gasteiger charge is 2.42. The molecule has 0 radical (unpaired) electrons. The number of benzene rings is 1. The van der Waals surface area contributed by atoms with Crippen LogP contribution in [0.4, 0.5) is 5.69 Å². The molecule has 1 fully saturated rings. The fourth-order valence-electron chi connectivity index (χ4n) is 3.82. The van der Waals surface area contributed by atoms with Crippen molar-refractivity contribution in [3.8, 4) is 5.75 Å². The summed E-state index contributed by atoms with van der Waals surface area (Å²) in [5, 5.41) is 3.09. The van der Waals surface area contributed by atoms with Crippen LogP contribution in [0.15, 0.2) is 12.1 Å². The summed E-state index contributed by atoms with van der Waals surface area (Å²) in [7, 11) is 0. The lowest BCUT2D eigenvalue weighted by Crippen LogP contribution is -2.48. The first kappa shape index (κ1) is 18.8. The van der Waals surface area contributed by atoms with Gasteiger partial charge in [0.25, 0.3) is 5.91 Å². The van der Waals surface area contributed by atoms with Crippen molar-refractivity contribution in [3.05, 3.63) is 23.3 Å². The van der Waals surface area contributed by atoms with E-state index < -0.39 is 5.60 Å². The lowest BCUT2D eigenvalue weighted by molar-refractivity contribution is -0.147. The summed E-state index contributed by atoms with van der Waals surface area (Å²) in [4.78, 5) is 13.0. The molecule has 1 aromatic carbocycles. The lowest BCUT2D eigenvalue weighted by atomic mass is 9.78. The van der Waals surface area contributed by atoms with Gasteiger partial charge >= 0.3 is 0 Å². The molecule has 0 saturated heterocycles. The van der Waals surface area contributed by atoms with Gasteiger partial charge in [-0.05, 0) is 76.1 Å². The molecule has 0 spiro atoms. The van der Waals surface area contributed by atoms with E-state index in [1.807, 2.05) is 39.8 Å². The molecule has 1 saturated carbocycles. The number of nitrogens with one attached hydrogen (secondary N) is 1. The predicted octanol–water partition coefficient (Wildman–Crippen LogP) is 4.63. The van der Waals surface area contributed by atoms with Crippen molar-refractivity contribution >= 4 is 11.6 Å². The molecule has 1 aromatic rings. The molecule has 1 aliphatic rings. The quantitative estimate of drug-likeness (QED) is 0.826. The second kappa shape index (κ2) is 8.02. The lowest BCUT2D eigenvalue weighted by Gasteiger charge is -2.38. The van der Waals surface area contributed by atoms with Gasteiger partial charge in [-0.3, -0.25) is 4.79 Å². The van der Waals surface area contributed by atoms with Gasteiger partial charge in [0, 0.05) is 12.3 Å². The van der Waals surface area contributed by atoms with Gasteiger partial charge in [0.2, 0.25) is 0 Å². The maximum atomic E-state index is 13.0. The monoisotopic (exact) mass is 333 g/mol. The molecule has 0 aromatic heterocycles. The third-order valence-electron chi connectivity index (χ3n) is 4.80. The molecule has 0 heterocycles. The molecule has 0 unspecified atom stereocenters. The van der Waals surface area contributed by atoms with Crippen LogP contribution in [-0.4, -0.2) is 24.7 Å². The van der Waals surface area contributed by atoms with Crippen LogP contribution >= 0.6 is 0 Å². The molecule has 2 atom stereocenters. The van der Waals surface area contributed by atoms with Crippen LogP contribution < -0.4 is 10.1 Å². The van der Waals surface area contributed by atoms with Gasteiger partial charge in [-0.15, -0.1) is 0 Å². The van der Waals surface area contributed by atoms with E-state index >= 15 is 0 Å².